The predicted octanol–water partition coefficient (Wildman–Crippen LogP) is 2.53. The third-order valence-corrected chi connectivity index (χ3v) is 4.19. The third kappa shape index (κ3) is 1.86. The van der Waals surface area contributed by atoms with E-state index < -0.39 is 11.3 Å². The van der Waals surface area contributed by atoms with Crippen molar-refractivity contribution < 1.29 is 13.5 Å². The van der Waals surface area contributed by atoms with Gasteiger partial charge >= 0.3 is 0 Å². The summed E-state index contributed by atoms with van der Waals surface area (Å²) in [5.41, 5.74) is -0.751. The molecular formula is C12H21F2NO. The monoisotopic (exact) mass is 233 g/mol. The lowest BCUT2D eigenvalue weighted by Crippen LogP contribution is -2.62. The van der Waals surface area contributed by atoms with Gasteiger partial charge in [0.2, 0.25) is 0 Å². The minimum absolute atomic E-state index is 0.0671. The largest absolute Gasteiger partial charge is 0.378 e. The van der Waals surface area contributed by atoms with Crippen LogP contribution in [0.5, 0.6) is 0 Å². The van der Waals surface area contributed by atoms with Gasteiger partial charge in [0.25, 0.3) is 5.92 Å². The van der Waals surface area contributed by atoms with Gasteiger partial charge < -0.3 is 4.74 Å². The average Bonchev–Trinajstić information content (AvgIpc) is 2.17. The van der Waals surface area contributed by atoms with E-state index in [1.165, 1.54) is 0 Å². The van der Waals surface area contributed by atoms with Crippen LogP contribution in [0.3, 0.4) is 0 Å². The summed E-state index contributed by atoms with van der Waals surface area (Å²) in [6, 6.07) is 0. The topological polar surface area (TPSA) is 12.5 Å². The van der Waals surface area contributed by atoms with E-state index in [2.05, 4.69) is 0 Å². The van der Waals surface area contributed by atoms with Gasteiger partial charge in [-0.3, -0.25) is 4.90 Å². The zero-order chi connectivity index (χ0) is 11.8. The Labute approximate surface area is 95.9 Å². The number of alkyl halides is 2. The summed E-state index contributed by atoms with van der Waals surface area (Å²) in [6.07, 6.45) is 1.79. The van der Waals surface area contributed by atoms with Crippen molar-refractivity contribution in [1.29, 1.82) is 0 Å². The summed E-state index contributed by atoms with van der Waals surface area (Å²) < 4.78 is 33.5. The maximum absolute atomic E-state index is 14.1. The summed E-state index contributed by atoms with van der Waals surface area (Å²) in [5, 5.41) is 0. The highest BCUT2D eigenvalue weighted by molar-refractivity contribution is 5.07. The molecule has 0 N–H and O–H groups in total. The van der Waals surface area contributed by atoms with Crippen LogP contribution in [0, 0.1) is 5.41 Å². The van der Waals surface area contributed by atoms with Crippen LogP contribution in [-0.4, -0.2) is 43.2 Å². The fraction of sp³-hybridized carbons (Fsp3) is 1.00. The maximum atomic E-state index is 14.1. The van der Waals surface area contributed by atoms with Crippen LogP contribution in [0.25, 0.3) is 0 Å². The lowest BCUT2D eigenvalue weighted by Gasteiger charge is -2.55. The van der Waals surface area contributed by atoms with E-state index in [1.54, 1.807) is 0 Å². The molecule has 2 nitrogen and oxygen atoms in total. The Balaban J connectivity index is 1.97. The number of nitrogens with zero attached hydrogens (tertiary/aromatic N) is 1. The predicted molar refractivity (Wildman–Crippen MR) is 58.8 cm³/mol. The molecule has 16 heavy (non-hydrogen) atoms. The highest BCUT2D eigenvalue weighted by Gasteiger charge is 2.62. The van der Waals surface area contributed by atoms with Crippen molar-refractivity contribution in [2.24, 2.45) is 5.41 Å². The third-order valence-electron chi connectivity index (χ3n) is 4.19. The minimum Gasteiger partial charge on any atom is -0.378 e. The summed E-state index contributed by atoms with van der Waals surface area (Å²) >= 11 is 0. The van der Waals surface area contributed by atoms with Crippen LogP contribution in [-0.2, 0) is 4.74 Å². The Morgan fingerprint density at radius 3 is 2.50 bits per heavy atom. The lowest BCUT2D eigenvalue weighted by molar-refractivity contribution is -0.238. The fourth-order valence-corrected chi connectivity index (χ4v) is 3.02. The van der Waals surface area contributed by atoms with Gasteiger partial charge in [-0.25, -0.2) is 8.78 Å². The van der Waals surface area contributed by atoms with E-state index in [4.69, 9.17) is 4.74 Å². The van der Waals surface area contributed by atoms with E-state index in [0.717, 1.165) is 13.1 Å². The quantitative estimate of drug-likeness (QED) is 0.742. The first-order valence-electron chi connectivity index (χ1n) is 6.25. The Bertz CT molecular complexity index is 246. The normalized spacial score (nSPS) is 38.6. The molecule has 0 bridgehead atoms. The average molecular weight is 233 g/mol. The number of rotatable bonds is 3. The van der Waals surface area contributed by atoms with Gasteiger partial charge in [0, 0.05) is 12.0 Å². The van der Waals surface area contributed by atoms with Crippen molar-refractivity contribution in [3.8, 4) is 0 Å². The highest BCUT2D eigenvalue weighted by Crippen LogP contribution is 2.57. The van der Waals surface area contributed by atoms with Crippen molar-refractivity contribution in [1.82, 2.24) is 4.90 Å². The van der Waals surface area contributed by atoms with E-state index in [9.17, 15) is 8.78 Å². The molecule has 1 aliphatic carbocycles. The molecule has 0 aromatic rings. The number of hydrogen-bond donors (Lipinski definition) is 0. The number of likely N-dealkylation sites (tertiary alicyclic amines) is 1. The van der Waals surface area contributed by atoms with Gasteiger partial charge in [0.15, 0.2) is 0 Å². The second-order valence-corrected chi connectivity index (χ2v) is 5.09. The molecule has 0 unspecified atom stereocenters. The number of ether oxygens (including phenoxy) is 1. The lowest BCUT2D eigenvalue weighted by atomic mass is 9.59. The molecule has 2 aliphatic rings. The van der Waals surface area contributed by atoms with E-state index >= 15 is 0 Å². The van der Waals surface area contributed by atoms with E-state index in [0.29, 0.717) is 25.9 Å². The molecule has 94 valence electrons. The van der Waals surface area contributed by atoms with Gasteiger partial charge in [-0.2, -0.15) is 0 Å². The molecule has 0 radical (unpaired) electrons. The fourth-order valence-electron chi connectivity index (χ4n) is 3.02. The van der Waals surface area contributed by atoms with Crippen LogP contribution >= 0.6 is 0 Å². The Morgan fingerprint density at radius 1 is 1.31 bits per heavy atom. The van der Waals surface area contributed by atoms with Crippen molar-refractivity contribution in [3.05, 3.63) is 0 Å². The first-order valence-corrected chi connectivity index (χ1v) is 6.25. The van der Waals surface area contributed by atoms with Gasteiger partial charge in [-0.05, 0) is 39.3 Å². The molecule has 0 aromatic carbocycles. The standard InChI is InChI=1S/C12H21F2NO/c1-3-15-6-5-11(12(13,14)9-15)7-10(8-11)16-4-2/h10H,3-9H2,1-2H3. The van der Waals surface area contributed by atoms with Gasteiger partial charge in [-0.1, -0.05) is 6.92 Å². The Kier molecular flexibility index (Phi) is 3.23. The zero-order valence-corrected chi connectivity index (χ0v) is 10.1. The summed E-state index contributed by atoms with van der Waals surface area (Å²) in [4.78, 5) is 1.85. The molecule has 0 aromatic heterocycles. The molecule has 4 heteroatoms. The van der Waals surface area contributed by atoms with Crippen molar-refractivity contribution in [2.75, 3.05) is 26.2 Å². The van der Waals surface area contributed by atoms with Gasteiger partial charge in [0.05, 0.1) is 12.6 Å². The summed E-state index contributed by atoms with van der Waals surface area (Å²) in [5.74, 6) is -2.53. The molecule has 0 atom stereocenters. The maximum Gasteiger partial charge on any atom is 0.266 e. The highest BCUT2D eigenvalue weighted by atomic mass is 19.3. The second kappa shape index (κ2) is 4.22. The van der Waals surface area contributed by atoms with Gasteiger partial charge in [-0.15, -0.1) is 0 Å². The summed E-state index contributed by atoms with van der Waals surface area (Å²) in [6.45, 7) is 5.96. The first-order chi connectivity index (χ1) is 7.53. The molecule has 0 amide bonds. The van der Waals surface area contributed by atoms with Crippen LogP contribution in [0.15, 0.2) is 0 Å². The zero-order valence-electron chi connectivity index (χ0n) is 10.1. The number of hydrogen-bond acceptors (Lipinski definition) is 2. The molecule has 2 fully saturated rings. The minimum atomic E-state index is -2.53. The molecule has 2 rings (SSSR count). The Hall–Kier alpha value is -0.220. The van der Waals surface area contributed by atoms with Crippen molar-refractivity contribution in [3.63, 3.8) is 0 Å². The number of piperidine rings is 1. The van der Waals surface area contributed by atoms with Crippen LogP contribution < -0.4 is 0 Å². The van der Waals surface area contributed by atoms with Gasteiger partial charge in [0.1, 0.15) is 0 Å². The molecule has 1 spiro atoms. The van der Waals surface area contributed by atoms with Crippen molar-refractivity contribution >= 4 is 0 Å². The molecule has 1 heterocycles. The SMILES string of the molecule is CCOC1CC2(CCN(CC)CC2(F)F)C1. The Morgan fingerprint density at radius 2 is 2.00 bits per heavy atom. The molecular weight excluding hydrogens is 212 g/mol. The molecule has 1 aliphatic heterocycles. The second-order valence-electron chi connectivity index (χ2n) is 5.09. The smallest absolute Gasteiger partial charge is 0.266 e. The van der Waals surface area contributed by atoms with Crippen LogP contribution in [0.4, 0.5) is 8.78 Å². The van der Waals surface area contributed by atoms with Crippen LogP contribution in [0.1, 0.15) is 33.1 Å². The summed E-state index contributed by atoms with van der Waals surface area (Å²) in [7, 11) is 0. The molecule has 1 saturated heterocycles. The molecule has 1 saturated carbocycles. The van der Waals surface area contributed by atoms with E-state index in [-0.39, 0.29) is 12.6 Å². The van der Waals surface area contributed by atoms with E-state index in [1.807, 2.05) is 18.7 Å². The van der Waals surface area contributed by atoms with Crippen LogP contribution in [0.2, 0.25) is 0 Å². The number of halogens is 2. The van der Waals surface area contributed by atoms with Crippen molar-refractivity contribution in [2.45, 2.75) is 45.1 Å². The first kappa shape index (κ1) is 12.2.